The van der Waals surface area contributed by atoms with E-state index < -0.39 is 0 Å². The standard InChI is InChI=1S/C15H15N3/c1-3-11-8-17-15-13(11)6-12(9-18-15)14-5-4-10(2)7-16-14/h4-9H,3H2,1-2H3,(H,17,18). The molecule has 0 saturated carbocycles. The lowest BCUT2D eigenvalue weighted by atomic mass is 10.1. The molecule has 0 amide bonds. The smallest absolute Gasteiger partial charge is 0.137 e. The number of hydrogen-bond acceptors (Lipinski definition) is 2. The highest BCUT2D eigenvalue weighted by Gasteiger charge is 2.06. The van der Waals surface area contributed by atoms with Gasteiger partial charge in [0.2, 0.25) is 0 Å². The van der Waals surface area contributed by atoms with Crippen LogP contribution in [-0.2, 0) is 6.42 Å². The van der Waals surface area contributed by atoms with Gasteiger partial charge >= 0.3 is 0 Å². The Labute approximate surface area is 106 Å². The highest BCUT2D eigenvalue weighted by atomic mass is 14.8. The Morgan fingerprint density at radius 1 is 1.17 bits per heavy atom. The second-order valence-corrected chi connectivity index (χ2v) is 4.51. The van der Waals surface area contributed by atoms with Crippen molar-refractivity contribution in [2.75, 3.05) is 0 Å². The van der Waals surface area contributed by atoms with Crippen LogP contribution < -0.4 is 0 Å². The fourth-order valence-electron chi connectivity index (χ4n) is 2.13. The molecular formula is C15H15N3. The Morgan fingerprint density at radius 3 is 2.78 bits per heavy atom. The average Bonchev–Trinajstić information content (AvgIpc) is 2.81. The number of rotatable bonds is 2. The molecule has 0 saturated heterocycles. The molecule has 3 heteroatoms. The van der Waals surface area contributed by atoms with E-state index in [1.807, 2.05) is 31.6 Å². The van der Waals surface area contributed by atoms with Gasteiger partial charge in [-0.3, -0.25) is 4.98 Å². The molecular weight excluding hydrogens is 222 g/mol. The lowest BCUT2D eigenvalue weighted by molar-refractivity contribution is 1.15. The second kappa shape index (κ2) is 4.26. The zero-order valence-corrected chi connectivity index (χ0v) is 10.6. The minimum absolute atomic E-state index is 0.947. The van der Waals surface area contributed by atoms with Gasteiger partial charge in [-0.1, -0.05) is 13.0 Å². The molecule has 0 unspecified atom stereocenters. The van der Waals surface area contributed by atoms with E-state index in [0.717, 1.165) is 23.3 Å². The highest BCUT2D eigenvalue weighted by molar-refractivity contribution is 5.84. The van der Waals surface area contributed by atoms with Crippen molar-refractivity contribution in [3.8, 4) is 11.3 Å². The number of pyridine rings is 2. The number of aromatic amines is 1. The van der Waals surface area contributed by atoms with Gasteiger partial charge in [0.05, 0.1) is 5.69 Å². The minimum Gasteiger partial charge on any atom is -0.346 e. The summed E-state index contributed by atoms with van der Waals surface area (Å²) in [5.41, 5.74) is 5.45. The summed E-state index contributed by atoms with van der Waals surface area (Å²) in [5.74, 6) is 0. The molecule has 0 spiro atoms. The Kier molecular flexibility index (Phi) is 2.59. The van der Waals surface area contributed by atoms with Crippen LogP contribution >= 0.6 is 0 Å². The molecule has 0 aromatic carbocycles. The van der Waals surface area contributed by atoms with Crippen LogP contribution in [0.25, 0.3) is 22.3 Å². The van der Waals surface area contributed by atoms with Crippen LogP contribution in [0, 0.1) is 6.92 Å². The lowest BCUT2D eigenvalue weighted by Crippen LogP contribution is -1.86. The van der Waals surface area contributed by atoms with Gasteiger partial charge in [0, 0.05) is 29.5 Å². The van der Waals surface area contributed by atoms with E-state index in [-0.39, 0.29) is 0 Å². The van der Waals surface area contributed by atoms with E-state index in [1.165, 1.54) is 16.5 Å². The molecule has 1 N–H and O–H groups in total. The van der Waals surface area contributed by atoms with Crippen LogP contribution in [-0.4, -0.2) is 15.0 Å². The molecule has 18 heavy (non-hydrogen) atoms. The maximum Gasteiger partial charge on any atom is 0.137 e. The van der Waals surface area contributed by atoms with Crippen molar-refractivity contribution in [1.82, 2.24) is 15.0 Å². The van der Waals surface area contributed by atoms with Gasteiger partial charge in [-0.15, -0.1) is 0 Å². The van der Waals surface area contributed by atoms with Crippen molar-refractivity contribution < 1.29 is 0 Å². The van der Waals surface area contributed by atoms with Crippen LogP contribution in [0.15, 0.2) is 36.8 Å². The largest absolute Gasteiger partial charge is 0.346 e. The number of hydrogen-bond donors (Lipinski definition) is 1. The summed E-state index contributed by atoms with van der Waals surface area (Å²) in [6.07, 6.45) is 6.80. The van der Waals surface area contributed by atoms with Crippen molar-refractivity contribution in [3.63, 3.8) is 0 Å². The third-order valence-corrected chi connectivity index (χ3v) is 3.20. The van der Waals surface area contributed by atoms with E-state index >= 15 is 0 Å². The number of fused-ring (bicyclic) bond motifs is 1. The van der Waals surface area contributed by atoms with E-state index in [1.54, 1.807) is 0 Å². The van der Waals surface area contributed by atoms with E-state index in [2.05, 4.69) is 34.0 Å². The normalized spacial score (nSPS) is 11.0. The maximum atomic E-state index is 4.45. The molecule has 3 nitrogen and oxygen atoms in total. The van der Waals surface area contributed by atoms with Crippen LogP contribution in [0.2, 0.25) is 0 Å². The van der Waals surface area contributed by atoms with Crippen molar-refractivity contribution in [2.24, 2.45) is 0 Å². The summed E-state index contributed by atoms with van der Waals surface area (Å²) < 4.78 is 0. The lowest BCUT2D eigenvalue weighted by Gasteiger charge is -2.02. The molecule has 90 valence electrons. The van der Waals surface area contributed by atoms with Gasteiger partial charge in [-0.25, -0.2) is 4.98 Å². The van der Waals surface area contributed by atoms with Crippen molar-refractivity contribution >= 4 is 11.0 Å². The highest BCUT2D eigenvalue weighted by Crippen LogP contribution is 2.23. The van der Waals surface area contributed by atoms with Gasteiger partial charge in [-0.2, -0.15) is 0 Å². The van der Waals surface area contributed by atoms with Gasteiger partial charge in [0.25, 0.3) is 0 Å². The van der Waals surface area contributed by atoms with Crippen molar-refractivity contribution in [1.29, 1.82) is 0 Å². The number of nitrogens with one attached hydrogen (secondary N) is 1. The van der Waals surface area contributed by atoms with Gasteiger partial charge in [-0.05, 0) is 36.6 Å². The van der Waals surface area contributed by atoms with Gasteiger partial charge in [0.1, 0.15) is 5.65 Å². The number of aryl methyl sites for hydroxylation is 2. The number of aromatic nitrogens is 3. The Morgan fingerprint density at radius 2 is 2.06 bits per heavy atom. The molecule has 0 bridgehead atoms. The molecule has 0 fully saturated rings. The first kappa shape index (κ1) is 11.0. The van der Waals surface area contributed by atoms with E-state index in [4.69, 9.17) is 0 Å². The fraction of sp³-hybridized carbons (Fsp3) is 0.200. The summed E-state index contributed by atoms with van der Waals surface area (Å²) in [6.45, 7) is 4.19. The van der Waals surface area contributed by atoms with E-state index in [9.17, 15) is 0 Å². The molecule has 3 aromatic rings. The Balaban J connectivity index is 2.14. The Bertz CT molecular complexity index is 681. The zero-order valence-electron chi connectivity index (χ0n) is 10.6. The summed E-state index contributed by atoms with van der Waals surface area (Å²) in [4.78, 5) is 12.1. The molecule has 0 atom stereocenters. The summed E-state index contributed by atoms with van der Waals surface area (Å²) in [5, 5.41) is 1.19. The summed E-state index contributed by atoms with van der Waals surface area (Å²) >= 11 is 0. The molecule has 0 aliphatic rings. The minimum atomic E-state index is 0.947. The van der Waals surface area contributed by atoms with Crippen LogP contribution in [0.1, 0.15) is 18.1 Å². The molecule has 0 aliphatic carbocycles. The van der Waals surface area contributed by atoms with Crippen LogP contribution in [0.4, 0.5) is 0 Å². The third-order valence-electron chi connectivity index (χ3n) is 3.20. The molecule has 0 aliphatic heterocycles. The summed E-state index contributed by atoms with van der Waals surface area (Å²) in [6, 6.07) is 6.27. The molecule has 3 heterocycles. The zero-order chi connectivity index (χ0) is 12.5. The molecule has 0 radical (unpaired) electrons. The second-order valence-electron chi connectivity index (χ2n) is 4.51. The molecule has 3 rings (SSSR count). The SMILES string of the molecule is CCc1c[nH]c2ncc(-c3ccc(C)cn3)cc12. The fourth-order valence-corrected chi connectivity index (χ4v) is 2.13. The number of nitrogens with zero attached hydrogens (tertiary/aromatic N) is 2. The first-order chi connectivity index (χ1) is 8.78. The predicted octanol–water partition coefficient (Wildman–Crippen LogP) is 3.50. The topological polar surface area (TPSA) is 41.6 Å². The Hall–Kier alpha value is -2.16. The third kappa shape index (κ3) is 1.78. The molecule has 3 aromatic heterocycles. The van der Waals surface area contributed by atoms with Gasteiger partial charge in [0.15, 0.2) is 0 Å². The van der Waals surface area contributed by atoms with Gasteiger partial charge < -0.3 is 4.98 Å². The summed E-state index contributed by atoms with van der Waals surface area (Å²) in [7, 11) is 0. The maximum absolute atomic E-state index is 4.45. The first-order valence-corrected chi connectivity index (χ1v) is 6.17. The van der Waals surface area contributed by atoms with Crippen LogP contribution in [0.3, 0.4) is 0 Å². The van der Waals surface area contributed by atoms with E-state index in [0.29, 0.717) is 0 Å². The van der Waals surface area contributed by atoms with Crippen molar-refractivity contribution in [3.05, 3.63) is 47.9 Å². The average molecular weight is 237 g/mol. The number of H-pyrrole nitrogens is 1. The predicted molar refractivity (Wildman–Crippen MR) is 73.4 cm³/mol. The quantitative estimate of drug-likeness (QED) is 0.741. The van der Waals surface area contributed by atoms with Crippen LogP contribution in [0.5, 0.6) is 0 Å². The monoisotopic (exact) mass is 237 g/mol. The van der Waals surface area contributed by atoms with Crippen molar-refractivity contribution in [2.45, 2.75) is 20.3 Å². The first-order valence-electron chi connectivity index (χ1n) is 6.17.